The number of nitrogens with one attached hydrogen (secondary N) is 1. The van der Waals surface area contributed by atoms with Gasteiger partial charge in [0.2, 0.25) is 5.91 Å². The molecule has 0 saturated carbocycles. The predicted octanol–water partition coefficient (Wildman–Crippen LogP) is 0.121. The normalized spacial score (nSPS) is 21.2. The molecule has 3 heterocycles. The van der Waals surface area contributed by atoms with Crippen LogP contribution in [-0.4, -0.2) is 65.6 Å². The van der Waals surface area contributed by atoms with Crippen molar-refractivity contribution in [1.82, 2.24) is 15.4 Å². The van der Waals surface area contributed by atoms with Gasteiger partial charge in [0, 0.05) is 45.0 Å². The van der Waals surface area contributed by atoms with Gasteiger partial charge in [-0.2, -0.15) is 0 Å². The van der Waals surface area contributed by atoms with E-state index in [4.69, 9.17) is 14.4 Å². The fourth-order valence-electron chi connectivity index (χ4n) is 3.37. The first-order chi connectivity index (χ1) is 11.1. The van der Waals surface area contributed by atoms with Gasteiger partial charge in [-0.3, -0.25) is 4.79 Å². The second-order valence-electron chi connectivity index (χ2n) is 6.63. The second-order valence-corrected chi connectivity index (χ2v) is 6.63. The number of carbonyl (C=O) groups is 1. The van der Waals surface area contributed by atoms with Crippen molar-refractivity contribution in [2.24, 2.45) is 0 Å². The van der Waals surface area contributed by atoms with Gasteiger partial charge >= 0.3 is 0 Å². The molecule has 2 aliphatic heterocycles. The lowest BCUT2D eigenvalue weighted by Crippen LogP contribution is -2.65. The first-order valence-electron chi connectivity index (χ1n) is 8.26. The van der Waals surface area contributed by atoms with E-state index in [9.17, 15) is 4.79 Å². The highest BCUT2D eigenvalue weighted by Crippen LogP contribution is 2.25. The van der Waals surface area contributed by atoms with Gasteiger partial charge in [0.05, 0.1) is 31.1 Å². The van der Waals surface area contributed by atoms with Crippen molar-refractivity contribution in [3.05, 3.63) is 17.5 Å². The Morgan fingerprint density at radius 2 is 2.22 bits per heavy atom. The molecule has 23 heavy (non-hydrogen) atoms. The van der Waals surface area contributed by atoms with Crippen molar-refractivity contribution in [2.45, 2.75) is 44.2 Å². The summed E-state index contributed by atoms with van der Waals surface area (Å²) in [4.78, 5) is 13.3. The van der Waals surface area contributed by atoms with E-state index in [1.807, 2.05) is 11.0 Å². The average molecular weight is 323 g/mol. The molecule has 0 unspecified atom stereocenters. The largest absolute Gasteiger partial charge is 0.396 e. The topological polar surface area (TPSA) is 87.8 Å². The maximum Gasteiger partial charge on any atom is 0.219 e. The SMILES string of the molecule is CC(=O)N1CCC(NC2(Cc3cc(CCO)on3)COC2)CC1. The summed E-state index contributed by atoms with van der Waals surface area (Å²) in [5.74, 6) is 0.872. The van der Waals surface area contributed by atoms with E-state index in [0.29, 0.717) is 31.4 Å². The molecule has 7 heteroatoms. The Bertz CT molecular complexity index is 533. The number of aliphatic hydroxyl groups is 1. The molecule has 1 amide bonds. The molecule has 2 aliphatic rings. The zero-order valence-electron chi connectivity index (χ0n) is 13.6. The Kier molecular flexibility index (Phi) is 4.99. The van der Waals surface area contributed by atoms with E-state index < -0.39 is 0 Å². The van der Waals surface area contributed by atoms with Gasteiger partial charge in [-0.1, -0.05) is 5.16 Å². The molecular formula is C16H25N3O4. The summed E-state index contributed by atoms with van der Waals surface area (Å²) in [6.45, 7) is 4.66. The van der Waals surface area contributed by atoms with Crippen LogP contribution in [0.15, 0.2) is 10.6 Å². The third-order valence-electron chi connectivity index (χ3n) is 4.69. The van der Waals surface area contributed by atoms with Crippen molar-refractivity contribution in [2.75, 3.05) is 32.9 Å². The van der Waals surface area contributed by atoms with Crippen molar-refractivity contribution < 1.29 is 19.2 Å². The van der Waals surface area contributed by atoms with Gasteiger partial charge in [0.25, 0.3) is 0 Å². The fourth-order valence-corrected chi connectivity index (χ4v) is 3.37. The van der Waals surface area contributed by atoms with Crippen LogP contribution < -0.4 is 5.32 Å². The lowest BCUT2D eigenvalue weighted by atomic mass is 9.88. The monoisotopic (exact) mass is 323 g/mol. The highest BCUT2D eigenvalue weighted by atomic mass is 16.5. The third-order valence-corrected chi connectivity index (χ3v) is 4.69. The van der Waals surface area contributed by atoms with E-state index in [0.717, 1.165) is 38.0 Å². The molecule has 2 fully saturated rings. The Balaban J connectivity index is 1.55. The molecule has 0 atom stereocenters. The Hall–Kier alpha value is -1.44. The molecule has 0 spiro atoms. The molecule has 1 aromatic heterocycles. The summed E-state index contributed by atoms with van der Waals surface area (Å²) in [7, 11) is 0. The van der Waals surface area contributed by atoms with Crippen LogP contribution in [0.1, 0.15) is 31.2 Å². The quantitative estimate of drug-likeness (QED) is 0.773. The van der Waals surface area contributed by atoms with E-state index in [1.54, 1.807) is 6.92 Å². The molecule has 7 nitrogen and oxygen atoms in total. The Morgan fingerprint density at radius 3 is 2.78 bits per heavy atom. The minimum Gasteiger partial charge on any atom is -0.396 e. The van der Waals surface area contributed by atoms with Gasteiger partial charge in [-0.05, 0) is 12.8 Å². The molecule has 128 valence electrons. The minimum absolute atomic E-state index is 0.0653. The molecule has 0 aromatic carbocycles. The summed E-state index contributed by atoms with van der Waals surface area (Å²) < 4.78 is 10.7. The van der Waals surface area contributed by atoms with Crippen LogP contribution in [0, 0.1) is 0 Å². The molecule has 0 aliphatic carbocycles. The maximum atomic E-state index is 11.4. The van der Waals surface area contributed by atoms with Gasteiger partial charge in [-0.25, -0.2) is 0 Å². The lowest BCUT2D eigenvalue weighted by molar-refractivity contribution is -0.130. The summed E-state index contributed by atoms with van der Waals surface area (Å²) in [6.07, 6.45) is 3.19. The Labute approximate surface area is 136 Å². The van der Waals surface area contributed by atoms with E-state index in [-0.39, 0.29) is 18.1 Å². The fraction of sp³-hybridized carbons (Fsp3) is 0.750. The molecule has 3 rings (SSSR count). The van der Waals surface area contributed by atoms with Crippen molar-refractivity contribution in [3.8, 4) is 0 Å². The van der Waals surface area contributed by atoms with Gasteiger partial charge in [-0.15, -0.1) is 0 Å². The number of amides is 1. The number of aromatic nitrogens is 1. The van der Waals surface area contributed by atoms with Crippen molar-refractivity contribution in [3.63, 3.8) is 0 Å². The summed E-state index contributed by atoms with van der Waals surface area (Å²) in [5, 5.41) is 16.8. The summed E-state index contributed by atoms with van der Waals surface area (Å²) in [6, 6.07) is 2.31. The molecule has 0 radical (unpaired) electrons. The zero-order valence-corrected chi connectivity index (χ0v) is 13.6. The number of piperidine rings is 1. The number of carbonyl (C=O) groups excluding carboxylic acids is 1. The highest BCUT2D eigenvalue weighted by Gasteiger charge is 2.41. The number of hydrogen-bond acceptors (Lipinski definition) is 6. The average Bonchev–Trinajstić information content (AvgIpc) is 2.93. The van der Waals surface area contributed by atoms with E-state index in [1.165, 1.54) is 0 Å². The van der Waals surface area contributed by atoms with Crippen LogP contribution in [0.4, 0.5) is 0 Å². The number of hydrogen-bond donors (Lipinski definition) is 2. The molecular weight excluding hydrogens is 298 g/mol. The summed E-state index contributed by atoms with van der Waals surface area (Å²) >= 11 is 0. The van der Waals surface area contributed by atoms with E-state index in [2.05, 4.69) is 10.5 Å². The van der Waals surface area contributed by atoms with Crippen LogP contribution in [0.25, 0.3) is 0 Å². The predicted molar refractivity (Wildman–Crippen MR) is 83.0 cm³/mol. The van der Waals surface area contributed by atoms with Crippen molar-refractivity contribution >= 4 is 5.91 Å². The molecule has 2 N–H and O–H groups in total. The van der Waals surface area contributed by atoms with Crippen LogP contribution in [-0.2, 0) is 22.4 Å². The molecule has 0 bridgehead atoms. The van der Waals surface area contributed by atoms with Gasteiger partial charge < -0.3 is 24.6 Å². The lowest BCUT2D eigenvalue weighted by Gasteiger charge is -2.46. The summed E-state index contributed by atoms with van der Waals surface area (Å²) in [5.41, 5.74) is 0.807. The molecule has 2 saturated heterocycles. The van der Waals surface area contributed by atoms with Crippen LogP contribution in [0.2, 0.25) is 0 Å². The van der Waals surface area contributed by atoms with E-state index >= 15 is 0 Å². The maximum absolute atomic E-state index is 11.4. The van der Waals surface area contributed by atoms with Crippen LogP contribution >= 0.6 is 0 Å². The Morgan fingerprint density at radius 1 is 1.48 bits per heavy atom. The minimum atomic E-state index is -0.0869. The number of likely N-dealkylation sites (tertiary alicyclic amines) is 1. The first kappa shape index (κ1) is 16.4. The van der Waals surface area contributed by atoms with Gasteiger partial charge in [0.15, 0.2) is 0 Å². The van der Waals surface area contributed by atoms with Crippen LogP contribution in [0.5, 0.6) is 0 Å². The third kappa shape index (κ3) is 3.91. The number of nitrogens with zero attached hydrogens (tertiary/aromatic N) is 2. The number of ether oxygens (including phenoxy) is 1. The first-order valence-corrected chi connectivity index (χ1v) is 8.26. The van der Waals surface area contributed by atoms with Gasteiger partial charge in [0.1, 0.15) is 5.76 Å². The standard InChI is InChI=1S/C16H25N3O4/c1-12(21)19-5-2-13(3-6-19)17-16(10-22-11-16)9-14-8-15(4-7-20)23-18-14/h8,13,17,20H,2-7,9-11H2,1H3. The second kappa shape index (κ2) is 6.98. The smallest absolute Gasteiger partial charge is 0.219 e. The highest BCUT2D eigenvalue weighted by molar-refractivity contribution is 5.73. The number of aliphatic hydroxyl groups excluding tert-OH is 1. The zero-order chi connectivity index (χ0) is 16.3. The molecule has 1 aromatic rings. The van der Waals surface area contributed by atoms with Crippen molar-refractivity contribution in [1.29, 1.82) is 0 Å². The van der Waals surface area contributed by atoms with Crippen LogP contribution in [0.3, 0.4) is 0 Å². The number of rotatable bonds is 6.